The second-order valence-electron chi connectivity index (χ2n) is 9.35. The summed E-state index contributed by atoms with van der Waals surface area (Å²) < 4.78 is 11.5. The fourth-order valence-corrected chi connectivity index (χ4v) is 5.52. The van der Waals surface area contributed by atoms with Gasteiger partial charge in [0.15, 0.2) is 0 Å². The Balaban J connectivity index is 1.68. The van der Waals surface area contributed by atoms with Crippen molar-refractivity contribution in [2.24, 2.45) is 11.8 Å². The smallest absolute Gasteiger partial charge is 0.305 e. The number of ether oxygens (including phenoxy) is 2. The number of aliphatic hydroxyl groups excluding tert-OH is 3. The maximum Gasteiger partial charge on any atom is 0.305 e. The highest BCUT2D eigenvalue weighted by Gasteiger charge is 2.49. The van der Waals surface area contributed by atoms with Crippen LogP contribution in [0, 0.1) is 11.8 Å². The lowest BCUT2D eigenvalue weighted by Crippen LogP contribution is -2.24. The van der Waals surface area contributed by atoms with Crippen molar-refractivity contribution < 1.29 is 29.6 Å². The number of fused-ring (bicyclic) bond motifs is 1. The van der Waals surface area contributed by atoms with Crippen molar-refractivity contribution in [2.75, 3.05) is 13.2 Å². The number of aliphatic hydroxyl groups is 3. The summed E-state index contributed by atoms with van der Waals surface area (Å²) in [6.45, 7) is 2.76. The van der Waals surface area contributed by atoms with Crippen molar-refractivity contribution in [3.63, 3.8) is 0 Å². The van der Waals surface area contributed by atoms with E-state index in [4.69, 9.17) is 14.6 Å². The monoisotopic (exact) mass is 518 g/mol. The minimum atomic E-state index is -0.440. The Labute approximate surface area is 201 Å². The molecule has 2 rings (SSSR count). The highest BCUT2D eigenvalue weighted by Crippen LogP contribution is 2.46. The van der Waals surface area contributed by atoms with E-state index in [2.05, 4.69) is 22.9 Å². The zero-order valence-electron chi connectivity index (χ0n) is 19.5. The second kappa shape index (κ2) is 15.4. The molecule has 7 atom stereocenters. The maximum atomic E-state index is 11.9. The molecule has 32 heavy (non-hydrogen) atoms. The Morgan fingerprint density at radius 2 is 1.97 bits per heavy atom. The van der Waals surface area contributed by atoms with Crippen molar-refractivity contribution in [1.29, 1.82) is 0 Å². The number of hydrogen-bond acceptors (Lipinski definition) is 6. The summed E-state index contributed by atoms with van der Waals surface area (Å²) in [5.41, 5.74) is 0. The van der Waals surface area contributed by atoms with E-state index < -0.39 is 12.2 Å². The molecule has 6 nitrogen and oxygen atoms in total. The predicted octanol–water partition coefficient (Wildman–Crippen LogP) is 4.28. The lowest BCUT2D eigenvalue weighted by atomic mass is 9.89. The summed E-state index contributed by atoms with van der Waals surface area (Å²) in [5.74, 6) is 0.146. The molecule has 0 aromatic heterocycles. The summed E-state index contributed by atoms with van der Waals surface area (Å²) >= 11 is 3.76. The first-order chi connectivity index (χ1) is 15.5. The van der Waals surface area contributed by atoms with Gasteiger partial charge in [-0.05, 0) is 50.9 Å². The van der Waals surface area contributed by atoms with Crippen molar-refractivity contribution in [3.8, 4) is 0 Å². The van der Waals surface area contributed by atoms with Crippen molar-refractivity contribution >= 4 is 21.9 Å². The molecule has 1 saturated heterocycles. The Morgan fingerprint density at radius 1 is 1.16 bits per heavy atom. The van der Waals surface area contributed by atoms with Crippen LogP contribution in [0.15, 0.2) is 12.2 Å². The maximum absolute atomic E-state index is 11.9. The summed E-state index contributed by atoms with van der Waals surface area (Å²) in [7, 11) is 0. The molecule has 1 aliphatic heterocycles. The van der Waals surface area contributed by atoms with E-state index in [1.54, 1.807) is 0 Å². The molecule has 0 bridgehead atoms. The standard InChI is InChI=1S/C25H43BrO6/c1-2-3-5-9-18(28)12-13-19-20-16-24(32-23(20)17-22(19)29)21(26)10-8-11-25(30)31-15-7-4-6-14-27/h12-13,18-24,27-29H,2-11,14-17H2,1H3/b13-12+/t18-,19+,20+,21?,22+,23+,24?/m0/s1. The predicted molar refractivity (Wildman–Crippen MR) is 129 cm³/mol. The zero-order chi connectivity index (χ0) is 23.3. The number of halogens is 1. The number of hydrogen-bond donors (Lipinski definition) is 3. The Morgan fingerprint density at radius 3 is 2.72 bits per heavy atom. The molecule has 3 N–H and O–H groups in total. The zero-order valence-corrected chi connectivity index (χ0v) is 21.1. The Hall–Kier alpha value is -0.470. The molecular formula is C25H43BrO6. The average Bonchev–Trinajstić information content (AvgIpc) is 3.29. The van der Waals surface area contributed by atoms with Crippen LogP contribution in [0.4, 0.5) is 0 Å². The number of esters is 1. The summed E-state index contributed by atoms with van der Waals surface area (Å²) in [6.07, 6.45) is 13.2. The highest BCUT2D eigenvalue weighted by molar-refractivity contribution is 9.09. The van der Waals surface area contributed by atoms with Gasteiger partial charge < -0.3 is 24.8 Å². The Bertz CT molecular complexity index is 557. The van der Waals surface area contributed by atoms with Gasteiger partial charge >= 0.3 is 5.97 Å². The fourth-order valence-electron chi connectivity index (χ4n) is 4.85. The fraction of sp³-hybridized carbons (Fsp3) is 0.880. The van der Waals surface area contributed by atoms with E-state index in [1.165, 1.54) is 0 Å². The number of unbranched alkanes of at least 4 members (excludes halogenated alkanes) is 4. The van der Waals surface area contributed by atoms with E-state index in [1.807, 2.05) is 12.2 Å². The first kappa shape index (κ1) is 27.8. The van der Waals surface area contributed by atoms with Crippen LogP contribution in [-0.2, 0) is 14.3 Å². The van der Waals surface area contributed by atoms with E-state index >= 15 is 0 Å². The third-order valence-electron chi connectivity index (χ3n) is 6.73. The van der Waals surface area contributed by atoms with Crippen LogP contribution in [0.25, 0.3) is 0 Å². The van der Waals surface area contributed by atoms with Crippen LogP contribution >= 0.6 is 15.9 Å². The van der Waals surface area contributed by atoms with Gasteiger partial charge in [0.1, 0.15) is 0 Å². The van der Waals surface area contributed by atoms with Gasteiger partial charge in [-0.3, -0.25) is 4.79 Å². The molecule has 7 heteroatoms. The van der Waals surface area contributed by atoms with Crippen molar-refractivity contribution in [2.45, 2.75) is 113 Å². The molecule has 0 spiro atoms. The van der Waals surface area contributed by atoms with Gasteiger partial charge in [0.2, 0.25) is 0 Å². The molecule has 1 heterocycles. The van der Waals surface area contributed by atoms with E-state index in [0.29, 0.717) is 19.4 Å². The van der Waals surface area contributed by atoms with Gasteiger partial charge in [0, 0.05) is 30.2 Å². The first-order valence-corrected chi connectivity index (χ1v) is 13.5. The number of carbonyl (C=O) groups is 1. The summed E-state index contributed by atoms with van der Waals surface area (Å²) in [6, 6.07) is 0. The molecule has 1 aliphatic carbocycles. The van der Waals surface area contributed by atoms with Crippen LogP contribution < -0.4 is 0 Å². The third-order valence-corrected chi connectivity index (χ3v) is 7.78. The van der Waals surface area contributed by atoms with Crippen LogP contribution in [0.2, 0.25) is 0 Å². The van der Waals surface area contributed by atoms with E-state index in [-0.39, 0.29) is 41.4 Å². The SMILES string of the molecule is CCCCC[C@H](O)/C=C/[C@@H]1[C@H]2CC(C(Br)CCCC(=O)OCCCCCO)O[C@@H]2C[C@H]1O. The number of alkyl halides is 1. The average molecular weight is 520 g/mol. The molecule has 1 saturated carbocycles. The molecule has 0 amide bonds. The minimum Gasteiger partial charge on any atom is -0.466 e. The van der Waals surface area contributed by atoms with Gasteiger partial charge in [0.05, 0.1) is 31.0 Å². The van der Waals surface area contributed by atoms with Crippen molar-refractivity contribution in [1.82, 2.24) is 0 Å². The molecule has 0 aromatic carbocycles. The molecule has 2 aliphatic rings. The van der Waals surface area contributed by atoms with Crippen LogP contribution in [0.3, 0.4) is 0 Å². The lowest BCUT2D eigenvalue weighted by molar-refractivity contribution is -0.143. The van der Waals surface area contributed by atoms with Crippen molar-refractivity contribution in [3.05, 3.63) is 12.2 Å². The second-order valence-corrected chi connectivity index (χ2v) is 10.5. The molecule has 0 aromatic rings. The molecule has 2 fully saturated rings. The van der Waals surface area contributed by atoms with Gasteiger partial charge in [-0.1, -0.05) is 54.3 Å². The largest absolute Gasteiger partial charge is 0.466 e. The molecule has 186 valence electrons. The molecular weight excluding hydrogens is 476 g/mol. The van der Waals surface area contributed by atoms with Crippen LogP contribution in [-0.4, -0.2) is 63.7 Å². The molecule has 0 radical (unpaired) electrons. The van der Waals surface area contributed by atoms with Gasteiger partial charge in [0.25, 0.3) is 0 Å². The first-order valence-electron chi connectivity index (χ1n) is 12.6. The van der Waals surface area contributed by atoms with Gasteiger partial charge in [-0.25, -0.2) is 0 Å². The minimum absolute atomic E-state index is 0.0336. The number of carbonyl (C=O) groups excluding carboxylic acids is 1. The van der Waals surface area contributed by atoms with Crippen LogP contribution in [0.5, 0.6) is 0 Å². The van der Waals surface area contributed by atoms with Gasteiger partial charge in [-0.2, -0.15) is 0 Å². The topological polar surface area (TPSA) is 96.2 Å². The third kappa shape index (κ3) is 9.41. The normalized spacial score (nSPS) is 29.3. The van der Waals surface area contributed by atoms with Crippen LogP contribution in [0.1, 0.15) is 84.0 Å². The summed E-state index contributed by atoms with van der Waals surface area (Å²) in [5, 5.41) is 29.4. The van der Waals surface area contributed by atoms with E-state index in [9.17, 15) is 15.0 Å². The number of rotatable bonds is 16. The Kier molecular flexibility index (Phi) is 13.4. The summed E-state index contributed by atoms with van der Waals surface area (Å²) in [4.78, 5) is 12.0. The lowest BCUT2D eigenvalue weighted by Gasteiger charge is -2.21. The quantitative estimate of drug-likeness (QED) is 0.122. The molecule has 2 unspecified atom stereocenters. The highest BCUT2D eigenvalue weighted by atomic mass is 79.9. The van der Waals surface area contributed by atoms with Gasteiger partial charge in [-0.15, -0.1) is 0 Å². The van der Waals surface area contributed by atoms with E-state index in [0.717, 1.165) is 64.2 Å².